The average Bonchev–Trinajstić information content (AvgIpc) is 2.37. The molecule has 2 rings (SSSR count). The molecule has 2 nitrogen and oxygen atoms in total. The van der Waals surface area contributed by atoms with Crippen LogP contribution < -0.4 is 10.5 Å². The highest BCUT2D eigenvalue weighted by molar-refractivity contribution is 14.1. The van der Waals surface area contributed by atoms with E-state index in [-0.39, 0.29) is 6.04 Å². The highest BCUT2D eigenvalue weighted by atomic mass is 127. The molecule has 0 radical (unpaired) electrons. The predicted molar refractivity (Wildman–Crippen MR) is 82.5 cm³/mol. The smallest absolute Gasteiger partial charge is 0.120 e. The van der Waals surface area contributed by atoms with E-state index in [1.54, 1.807) is 0 Å². The summed E-state index contributed by atoms with van der Waals surface area (Å²) in [5.74, 6) is 0.882. The molecule has 2 aromatic rings. The molecular formula is C15H16INO. The van der Waals surface area contributed by atoms with Gasteiger partial charge in [-0.25, -0.2) is 0 Å². The van der Waals surface area contributed by atoms with Crippen LogP contribution in [0.15, 0.2) is 48.5 Å². The van der Waals surface area contributed by atoms with E-state index < -0.39 is 0 Å². The minimum Gasteiger partial charge on any atom is -0.489 e. The molecule has 0 spiro atoms. The van der Waals surface area contributed by atoms with Crippen molar-refractivity contribution in [1.82, 2.24) is 0 Å². The lowest BCUT2D eigenvalue weighted by molar-refractivity contribution is 0.306. The molecule has 0 saturated carbocycles. The van der Waals surface area contributed by atoms with Crippen molar-refractivity contribution in [3.05, 3.63) is 63.2 Å². The third kappa shape index (κ3) is 3.46. The zero-order valence-corrected chi connectivity index (χ0v) is 12.4. The van der Waals surface area contributed by atoms with E-state index in [9.17, 15) is 0 Å². The van der Waals surface area contributed by atoms with Crippen molar-refractivity contribution in [2.45, 2.75) is 19.6 Å². The number of hydrogen-bond acceptors (Lipinski definition) is 2. The molecule has 18 heavy (non-hydrogen) atoms. The van der Waals surface area contributed by atoms with E-state index in [4.69, 9.17) is 10.5 Å². The number of nitrogens with two attached hydrogens (primary N) is 1. The minimum absolute atomic E-state index is 0.0556. The zero-order chi connectivity index (χ0) is 13.0. The molecule has 0 aliphatic rings. The van der Waals surface area contributed by atoms with Crippen molar-refractivity contribution in [2.75, 3.05) is 0 Å². The minimum atomic E-state index is 0.0556. The second-order valence-corrected chi connectivity index (χ2v) is 5.41. The summed E-state index contributed by atoms with van der Waals surface area (Å²) in [6, 6.07) is 16.2. The molecule has 2 aromatic carbocycles. The second kappa shape index (κ2) is 6.20. The Bertz CT molecular complexity index is 511. The number of ether oxygens (including phenoxy) is 1. The Morgan fingerprint density at radius 3 is 2.50 bits per heavy atom. The van der Waals surface area contributed by atoms with Gasteiger partial charge in [-0.1, -0.05) is 36.4 Å². The molecule has 0 amide bonds. The Labute approximate surface area is 121 Å². The molecule has 0 unspecified atom stereocenters. The van der Waals surface area contributed by atoms with E-state index in [0.29, 0.717) is 6.61 Å². The zero-order valence-electron chi connectivity index (χ0n) is 10.3. The van der Waals surface area contributed by atoms with Gasteiger partial charge in [-0.2, -0.15) is 0 Å². The topological polar surface area (TPSA) is 35.2 Å². The molecule has 0 aliphatic carbocycles. The van der Waals surface area contributed by atoms with Gasteiger partial charge < -0.3 is 10.5 Å². The van der Waals surface area contributed by atoms with Gasteiger partial charge in [0.25, 0.3) is 0 Å². The summed E-state index contributed by atoms with van der Waals surface area (Å²) in [7, 11) is 0. The first kappa shape index (κ1) is 13.4. The summed E-state index contributed by atoms with van der Waals surface area (Å²) >= 11 is 2.30. The normalized spacial score (nSPS) is 12.2. The highest BCUT2D eigenvalue weighted by Crippen LogP contribution is 2.24. The molecular weight excluding hydrogens is 337 g/mol. The van der Waals surface area contributed by atoms with Crippen molar-refractivity contribution in [3.8, 4) is 5.75 Å². The highest BCUT2D eigenvalue weighted by Gasteiger charge is 2.06. The summed E-state index contributed by atoms with van der Waals surface area (Å²) in [4.78, 5) is 0. The number of hydrogen-bond donors (Lipinski definition) is 1. The van der Waals surface area contributed by atoms with Gasteiger partial charge in [0.1, 0.15) is 12.4 Å². The standard InChI is InChI=1S/C15H16INO/c1-11(17)14-8-7-13(9-15(14)16)18-10-12-5-3-2-4-6-12/h2-9,11H,10,17H2,1H3/t11-/m0/s1. The van der Waals surface area contributed by atoms with Crippen LogP contribution in [0, 0.1) is 3.57 Å². The fraction of sp³-hybridized carbons (Fsp3) is 0.200. The lowest BCUT2D eigenvalue weighted by Crippen LogP contribution is -2.07. The fourth-order valence-electron chi connectivity index (χ4n) is 1.71. The van der Waals surface area contributed by atoms with Gasteiger partial charge in [-0.15, -0.1) is 0 Å². The van der Waals surface area contributed by atoms with E-state index in [1.165, 1.54) is 5.56 Å². The van der Waals surface area contributed by atoms with Crippen LogP contribution in [-0.4, -0.2) is 0 Å². The molecule has 0 aromatic heterocycles. The third-order valence-corrected chi connectivity index (χ3v) is 3.65. The van der Waals surface area contributed by atoms with Gasteiger partial charge in [-0.3, -0.25) is 0 Å². The SMILES string of the molecule is C[C@H](N)c1ccc(OCc2ccccc2)cc1I. The molecule has 0 aliphatic heterocycles. The van der Waals surface area contributed by atoms with Crippen LogP contribution in [0.1, 0.15) is 24.1 Å². The van der Waals surface area contributed by atoms with Gasteiger partial charge in [0.05, 0.1) is 0 Å². The largest absolute Gasteiger partial charge is 0.489 e. The summed E-state index contributed by atoms with van der Waals surface area (Å²) < 4.78 is 6.91. The Hall–Kier alpha value is -1.07. The summed E-state index contributed by atoms with van der Waals surface area (Å²) in [6.45, 7) is 2.58. The van der Waals surface area contributed by atoms with Crippen molar-refractivity contribution < 1.29 is 4.74 Å². The Balaban J connectivity index is 2.05. The second-order valence-electron chi connectivity index (χ2n) is 4.25. The molecule has 94 valence electrons. The fourth-order valence-corrected chi connectivity index (χ4v) is 2.69. The van der Waals surface area contributed by atoms with Crippen LogP contribution in [0.5, 0.6) is 5.75 Å². The van der Waals surface area contributed by atoms with Gasteiger partial charge >= 0.3 is 0 Å². The van der Waals surface area contributed by atoms with Gasteiger partial charge in [0, 0.05) is 9.61 Å². The van der Waals surface area contributed by atoms with Crippen molar-refractivity contribution >= 4 is 22.6 Å². The van der Waals surface area contributed by atoms with Crippen LogP contribution in [0.4, 0.5) is 0 Å². The summed E-state index contributed by atoms with van der Waals surface area (Å²) in [6.07, 6.45) is 0. The van der Waals surface area contributed by atoms with E-state index in [1.807, 2.05) is 43.3 Å². The molecule has 3 heteroatoms. The van der Waals surface area contributed by atoms with Crippen LogP contribution in [0.25, 0.3) is 0 Å². The number of rotatable bonds is 4. The lowest BCUT2D eigenvalue weighted by atomic mass is 10.1. The first-order valence-corrected chi connectivity index (χ1v) is 6.96. The van der Waals surface area contributed by atoms with Crippen LogP contribution in [-0.2, 0) is 6.61 Å². The Morgan fingerprint density at radius 1 is 1.17 bits per heavy atom. The molecule has 0 fully saturated rings. The number of benzene rings is 2. The third-order valence-electron chi connectivity index (χ3n) is 2.71. The van der Waals surface area contributed by atoms with Crippen LogP contribution in [0.2, 0.25) is 0 Å². The maximum Gasteiger partial charge on any atom is 0.120 e. The molecule has 0 saturated heterocycles. The maximum atomic E-state index is 5.88. The van der Waals surface area contributed by atoms with Gasteiger partial charge in [-0.05, 0) is 52.8 Å². The first-order valence-electron chi connectivity index (χ1n) is 5.88. The maximum absolute atomic E-state index is 5.88. The lowest BCUT2D eigenvalue weighted by Gasteiger charge is -2.11. The Kier molecular flexibility index (Phi) is 4.60. The van der Waals surface area contributed by atoms with E-state index in [2.05, 4.69) is 34.7 Å². The molecule has 0 heterocycles. The van der Waals surface area contributed by atoms with Gasteiger partial charge in [0.15, 0.2) is 0 Å². The van der Waals surface area contributed by atoms with Crippen LogP contribution in [0.3, 0.4) is 0 Å². The van der Waals surface area contributed by atoms with Crippen molar-refractivity contribution in [1.29, 1.82) is 0 Å². The first-order chi connectivity index (χ1) is 8.66. The van der Waals surface area contributed by atoms with Crippen molar-refractivity contribution in [2.24, 2.45) is 5.73 Å². The monoisotopic (exact) mass is 353 g/mol. The quantitative estimate of drug-likeness (QED) is 0.847. The van der Waals surface area contributed by atoms with Crippen LogP contribution >= 0.6 is 22.6 Å². The molecule has 1 atom stereocenters. The molecule has 2 N–H and O–H groups in total. The molecule has 0 bridgehead atoms. The predicted octanol–water partition coefficient (Wildman–Crippen LogP) is 3.89. The summed E-state index contributed by atoms with van der Waals surface area (Å²) in [5.41, 5.74) is 8.21. The Morgan fingerprint density at radius 2 is 1.89 bits per heavy atom. The average molecular weight is 353 g/mol. The summed E-state index contributed by atoms with van der Waals surface area (Å²) in [5, 5.41) is 0. The van der Waals surface area contributed by atoms with Gasteiger partial charge in [0.2, 0.25) is 0 Å². The van der Waals surface area contributed by atoms with Crippen molar-refractivity contribution in [3.63, 3.8) is 0 Å². The number of halogens is 1. The van der Waals surface area contributed by atoms with E-state index >= 15 is 0 Å². The van der Waals surface area contributed by atoms with E-state index in [0.717, 1.165) is 14.9 Å².